The maximum Gasteiger partial charge on any atom is 0.409 e. The molecule has 11 heteroatoms. The van der Waals surface area contributed by atoms with Gasteiger partial charge in [0, 0.05) is 25.6 Å². The van der Waals surface area contributed by atoms with E-state index < -0.39 is 51.7 Å². The van der Waals surface area contributed by atoms with Crippen LogP contribution in [0.1, 0.15) is 36.6 Å². The molecule has 1 aliphatic heterocycles. The van der Waals surface area contributed by atoms with Crippen molar-refractivity contribution >= 4 is 15.9 Å². The zero-order chi connectivity index (χ0) is 25.3. The Labute approximate surface area is 195 Å². The van der Waals surface area contributed by atoms with Crippen molar-refractivity contribution in [2.45, 2.75) is 43.9 Å². The number of sulfonamides is 1. The number of rotatable bonds is 7. The number of carbonyl (C=O) groups excluding carboxylic acids is 1. The Morgan fingerprint density at radius 2 is 1.74 bits per heavy atom. The van der Waals surface area contributed by atoms with E-state index in [0.29, 0.717) is 18.5 Å². The van der Waals surface area contributed by atoms with E-state index in [0.717, 1.165) is 29.8 Å². The predicted octanol–water partition coefficient (Wildman–Crippen LogP) is 4.63. The fraction of sp³-hybridized carbons (Fsp3) is 0.435. The Hall–Kier alpha value is -2.53. The highest BCUT2D eigenvalue weighted by atomic mass is 32.2. The molecule has 0 bridgehead atoms. The number of benzene rings is 2. The van der Waals surface area contributed by atoms with Gasteiger partial charge in [-0.1, -0.05) is 32.0 Å². The number of amides is 1. The zero-order valence-corrected chi connectivity index (χ0v) is 19.5. The van der Waals surface area contributed by atoms with Gasteiger partial charge in [-0.2, -0.15) is 17.5 Å². The Kier molecular flexibility index (Phi) is 7.66. The van der Waals surface area contributed by atoms with E-state index in [4.69, 9.17) is 0 Å². The van der Waals surface area contributed by atoms with Crippen molar-refractivity contribution in [1.29, 1.82) is 0 Å². The molecule has 0 aromatic heterocycles. The third kappa shape index (κ3) is 5.41. The second-order valence-electron chi connectivity index (χ2n) is 8.40. The van der Waals surface area contributed by atoms with E-state index in [1.165, 1.54) is 18.2 Å². The number of nitrogens with zero attached hydrogens (tertiary/aromatic N) is 2. The predicted molar refractivity (Wildman–Crippen MR) is 115 cm³/mol. The first-order valence-corrected chi connectivity index (χ1v) is 12.1. The molecule has 34 heavy (non-hydrogen) atoms. The molecule has 0 N–H and O–H groups in total. The van der Waals surface area contributed by atoms with Gasteiger partial charge < -0.3 is 4.90 Å². The molecule has 2 aromatic rings. The highest BCUT2D eigenvalue weighted by molar-refractivity contribution is 7.89. The summed E-state index contributed by atoms with van der Waals surface area (Å²) >= 11 is 0. The lowest BCUT2D eigenvalue weighted by Crippen LogP contribution is -2.43. The van der Waals surface area contributed by atoms with Crippen molar-refractivity contribution < 1.29 is 35.2 Å². The average molecular weight is 505 g/mol. The summed E-state index contributed by atoms with van der Waals surface area (Å²) in [5, 5.41) is 0. The molecule has 1 unspecified atom stereocenters. The van der Waals surface area contributed by atoms with Crippen LogP contribution in [-0.4, -0.2) is 49.5 Å². The van der Waals surface area contributed by atoms with Crippen LogP contribution >= 0.6 is 0 Å². The first-order chi connectivity index (χ1) is 15.9. The molecule has 0 spiro atoms. The molecule has 0 saturated heterocycles. The van der Waals surface area contributed by atoms with E-state index in [9.17, 15) is 35.2 Å². The SMILES string of the molecule is CC(C)C(=O)N1CCc2ccc(S(=O)(=O)N(CCF)C(c3ccc(F)cc3)C(F)(F)F)cc2C1. The minimum Gasteiger partial charge on any atom is -0.338 e. The summed E-state index contributed by atoms with van der Waals surface area (Å²) in [4.78, 5) is 13.5. The third-order valence-electron chi connectivity index (χ3n) is 5.69. The molecule has 186 valence electrons. The minimum atomic E-state index is -5.09. The van der Waals surface area contributed by atoms with Gasteiger partial charge >= 0.3 is 6.18 Å². The van der Waals surface area contributed by atoms with Crippen LogP contribution in [0.15, 0.2) is 47.4 Å². The van der Waals surface area contributed by atoms with Gasteiger partial charge in [0.05, 0.1) is 4.90 Å². The summed E-state index contributed by atoms with van der Waals surface area (Å²) < 4.78 is 95.6. The van der Waals surface area contributed by atoms with Gasteiger partial charge in [-0.15, -0.1) is 0 Å². The molecule has 1 atom stereocenters. The highest BCUT2D eigenvalue weighted by Gasteiger charge is 2.49. The zero-order valence-electron chi connectivity index (χ0n) is 18.6. The molecule has 2 aromatic carbocycles. The van der Waals surface area contributed by atoms with E-state index in [1.807, 2.05) is 0 Å². The Bertz CT molecular complexity index is 1130. The Morgan fingerprint density at radius 1 is 1.09 bits per heavy atom. The Balaban J connectivity index is 2.04. The van der Waals surface area contributed by atoms with E-state index in [-0.39, 0.29) is 22.7 Å². The standard InChI is InChI=1S/C23H25F5N2O3S/c1-15(2)22(31)29-11-9-16-5-8-20(13-18(16)14-29)34(32,33)30(12-10-24)21(23(26,27)28)17-3-6-19(25)7-4-17/h3-8,13,15,21H,9-12,14H2,1-2H3. The lowest BCUT2D eigenvalue weighted by atomic mass is 9.99. The van der Waals surface area contributed by atoms with Gasteiger partial charge in [-0.3, -0.25) is 4.79 Å². The van der Waals surface area contributed by atoms with Gasteiger partial charge in [0.1, 0.15) is 18.5 Å². The van der Waals surface area contributed by atoms with E-state index >= 15 is 0 Å². The van der Waals surface area contributed by atoms with Crippen molar-refractivity contribution in [2.24, 2.45) is 5.92 Å². The van der Waals surface area contributed by atoms with Crippen LogP contribution in [0.3, 0.4) is 0 Å². The van der Waals surface area contributed by atoms with Crippen LogP contribution in [-0.2, 0) is 27.8 Å². The molecular formula is C23H25F5N2O3S. The highest BCUT2D eigenvalue weighted by Crippen LogP contribution is 2.41. The summed E-state index contributed by atoms with van der Waals surface area (Å²) in [6, 6.07) is 4.47. The maximum absolute atomic E-state index is 14.0. The fourth-order valence-corrected chi connectivity index (χ4v) is 5.65. The number of fused-ring (bicyclic) bond motifs is 1. The van der Waals surface area contributed by atoms with Gasteiger partial charge in [-0.05, 0) is 47.4 Å². The summed E-state index contributed by atoms with van der Waals surface area (Å²) in [5.74, 6) is -1.18. The smallest absolute Gasteiger partial charge is 0.338 e. The number of halogens is 5. The summed E-state index contributed by atoms with van der Waals surface area (Å²) in [7, 11) is -4.82. The van der Waals surface area contributed by atoms with Crippen molar-refractivity contribution in [1.82, 2.24) is 9.21 Å². The summed E-state index contributed by atoms with van der Waals surface area (Å²) in [6.07, 6.45) is -4.61. The van der Waals surface area contributed by atoms with Crippen LogP contribution in [0.2, 0.25) is 0 Å². The molecule has 0 fully saturated rings. The van der Waals surface area contributed by atoms with Crippen LogP contribution in [0.5, 0.6) is 0 Å². The topological polar surface area (TPSA) is 57.7 Å². The maximum atomic E-state index is 14.0. The van der Waals surface area contributed by atoms with Crippen LogP contribution in [0.4, 0.5) is 22.0 Å². The third-order valence-corrected chi connectivity index (χ3v) is 7.55. The molecule has 0 aliphatic carbocycles. The normalized spacial score (nSPS) is 15.5. The van der Waals surface area contributed by atoms with Crippen LogP contribution < -0.4 is 0 Å². The second-order valence-corrected chi connectivity index (χ2v) is 10.3. The molecule has 1 aliphatic rings. The number of hydrogen-bond acceptors (Lipinski definition) is 3. The van der Waals surface area contributed by atoms with Crippen molar-refractivity contribution in [3.63, 3.8) is 0 Å². The Morgan fingerprint density at radius 3 is 2.29 bits per heavy atom. The second kappa shape index (κ2) is 9.99. The summed E-state index contributed by atoms with van der Waals surface area (Å²) in [5.41, 5.74) is 0.763. The molecule has 3 rings (SSSR count). The monoisotopic (exact) mass is 504 g/mol. The first-order valence-electron chi connectivity index (χ1n) is 10.7. The van der Waals surface area contributed by atoms with E-state index in [1.54, 1.807) is 18.7 Å². The molecule has 0 saturated carbocycles. The van der Waals surface area contributed by atoms with E-state index in [2.05, 4.69) is 0 Å². The number of carbonyl (C=O) groups is 1. The fourth-order valence-electron chi connectivity index (χ4n) is 4.02. The lowest BCUT2D eigenvalue weighted by Gasteiger charge is -2.33. The number of alkyl halides is 4. The van der Waals surface area contributed by atoms with Gasteiger partial charge in [0.25, 0.3) is 0 Å². The van der Waals surface area contributed by atoms with Crippen molar-refractivity contribution in [3.8, 4) is 0 Å². The van der Waals surface area contributed by atoms with Gasteiger partial charge in [0.15, 0.2) is 0 Å². The van der Waals surface area contributed by atoms with Crippen LogP contribution in [0, 0.1) is 11.7 Å². The lowest BCUT2D eigenvalue weighted by molar-refractivity contribution is -0.174. The quantitative estimate of drug-likeness (QED) is 0.517. The van der Waals surface area contributed by atoms with Crippen molar-refractivity contribution in [3.05, 3.63) is 65.0 Å². The molecule has 0 radical (unpaired) electrons. The molecule has 5 nitrogen and oxygen atoms in total. The average Bonchev–Trinajstić information content (AvgIpc) is 2.77. The van der Waals surface area contributed by atoms with Gasteiger partial charge in [0.2, 0.25) is 15.9 Å². The molecular weight excluding hydrogens is 479 g/mol. The summed E-state index contributed by atoms with van der Waals surface area (Å²) in [6.45, 7) is 1.65. The largest absolute Gasteiger partial charge is 0.409 e. The van der Waals surface area contributed by atoms with Gasteiger partial charge in [-0.25, -0.2) is 17.2 Å². The molecule has 1 amide bonds. The van der Waals surface area contributed by atoms with Crippen molar-refractivity contribution in [2.75, 3.05) is 19.8 Å². The van der Waals surface area contributed by atoms with Crippen LogP contribution in [0.25, 0.3) is 0 Å². The first kappa shape index (κ1) is 26.1. The minimum absolute atomic E-state index is 0.0574. The molecule has 1 heterocycles. The number of hydrogen-bond donors (Lipinski definition) is 0.